The molecule has 26 heavy (non-hydrogen) atoms. The molecule has 1 unspecified atom stereocenters. The maximum atomic E-state index is 12.6. The van der Waals surface area contributed by atoms with Gasteiger partial charge >= 0.3 is 5.97 Å². The number of benzene rings is 2. The van der Waals surface area contributed by atoms with Crippen molar-refractivity contribution in [3.05, 3.63) is 64.7 Å². The molecule has 0 saturated heterocycles. The second-order valence-corrected chi connectivity index (χ2v) is 7.10. The number of methoxy groups -OCH3 is 1. The van der Waals surface area contributed by atoms with Crippen LogP contribution in [0.25, 0.3) is 0 Å². The summed E-state index contributed by atoms with van der Waals surface area (Å²) >= 11 is 0. The van der Waals surface area contributed by atoms with Crippen molar-refractivity contribution in [1.29, 1.82) is 0 Å². The summed E-state index contributed by atoms with van der Waals surface area (Å²) in [4.78, 5) is 12.6. The molecule has 6 nitrogen and oxygen atoms in total. The average Bonchev–Trinajstić information content (AvgIpc) is 2.61. The standard InChI is InChI=1S/C19H22O6S/c1-4-13-11-12-15(16(17(13)24-3)19(20)25-5-2)18(26(21,22)23)14-9-7-6-8-10-14/h6-12,18H,4-5H2,1-3H3,(H,21,22,23). The highest BCUT2D eigenvalue weighted by molar-refractivity contribution is 7.86. The summed E-state index contributed by atoms with van der Waals surface area (Å²) < 4.78 is 44.8. The molecule has 7 heteroatoms. The Labute approximate surface area is 153 Å². The van der Waals surface area contributed by atoms with E-state index in [1.807, 2.05) is 6.92 Å². The zero-order valence-electron chi connectivity index (χ0n) is 14.9. The van der Waals surface area contributed by atoms with Gasteiger partial charge in [-0.25, -0.2) is 4.79 Å². The summed E-state index contributed by atoms with van der Waals surface area (Å²) in [6.45, 7) is 3.68. The van der Waals surface area contributed by atoms with Crippen LogP contribution in [0.1, 0.15) is 46.1 Å². The number of hydrogen-bond acceptors (Lipinski definition) is 5. The average molecular weight is 378 g/mol. The summed E-state index contributed by atoms with van der Waals surface area (Å²) in [6.07, 6.45) is 0.581. The number of hydrogen-bond donors (Lipinski definition) is 1. The van der Waals surface area contributed by atoms with Crippen LogP contribution in [0.3, 0.4) is 0 Å². The normalized spacial score (nSPS) is 12.5. The Balaban J connectivity index is 2.82. The van der Waals surface area contributed by atoms with E-state index >= 15 is 0 Å². The Kier molecular flexibility index (Phi) is 6.39. The van der Waals surface area contributed by atoms with E-state index in [4.69, 9.17) is 9.47 Å². The smallest absolute Gasteiger partial charge is 0.342 e. The first-order valence-corrected chi connectivity index (χ1v) is 9.73. The number of aryl methyl sites for hydroxylation is 1. The van der Waals surface area contributed by atoms with Gasteiger partial charge in [0.1, 0.15) is 16.6 Å². The fourth-order valence-corrected chi connectivity index (χ4v) is 3.94. The fraction of sp³-hybridized carbons (Fsp3) is 0.316. The van der Waals surface area contributed by atoms with Gasteiger partial charge in [-0.1, -0.05) is 49.4 Å². The minimum absolute atomic E-state index is 0.0141. The van der Waals surface area contributed by atoms with Gasteiger partial charge in [0.05, 0.1) is 13.7 Å². The van der Waals surface area contributed by atoms with Gasteiger partial charge in [0.25, 0.3) is 10.1 Å². The molecule has 1 N–H and O–H groups in total. The van der Waals surface area contributed by atoms with Crippen LogP contribution in [0.4, 0.5) is 0 Å². The van der Waals surface area contributed by atoms with Crippen molar-refractivity contribution in [1.82, 2.24) is 0 Å². The number of carbonyl (C=O) groups excluding carboxylic acids is 1. The summed E-state index contributed by atoms with van der Waals surface area (Å²) in [5.74, 6) is -0.438. The Morgan fingerprint density at radius 2 is 1.77 bits per heavy atom. The molecule has 2 aromatic carbocycles. The van der Waals surface area contributed by atoms with Crippen LogP contribution in [0.5, 0.6) is 5.75 Å². The number of rotatable bonds is 7. The molecule has 0 aliphatic carbocycles. The largest absolute Gasteiger partial charge is 0.496 e. The van der Waals surface area contributed by atoms with Crippen LogP contribution in [-0.2, 0) is 21.3 Å². The molecule has 140 valence electrons. The van der Waals surface area contributed by atoms with E-state index in [0.29, 0.717) is 12.0 Å². The lowest BCUT2D eigenvalue weighted by atomic mass is 9.95. The van der Waals surface area contributed by atoms with Crippen LogP contribution >= 0.6 is 0 Å². The van der Waals surface area contributed by atoms with Crippen molar-refractivity contribution in [2.75, 3.05) is 13.7 Å². The summed E-state index contributed by atoms with van der Waals surface area (Å²) in [5, 5.41) is -1.43. The highest BCUT2D eigenvalue weighted by atomic mass is 32.2. The zero-order valence-corrected chi connectivity index (χ0v) is 15.7. The van der Waals surface area contributed by atoms with Gasteiger partial charge in [0.2, 0.25) is 0 Å². The third kappa shape index (κ3) is 4.05. The first-order chi connectivity index (χ1) is 12.3. The number of carbonyl (C=O) groups is 1. The van der Waals surface area contributed by atoms with Crippen LogP contribution in [0, 0.1) is 0 Å². The first-order valence-electron chi connectivity index (χ1n) is 8.23. The van der Waals surface area contributed by atoms with Crippen molar-refractivity contribution in [2.45, 2.75) is 25.5 Å². The van der Waals surface area contributed by atoms with Gasteiger partial charge in [-0.05, 0) is 30.0 Å². The van der Waals surface area contributed by atoms with Gasteiger partial charge in [0.15, 0.2) is 0 Å². The molecule has 0 radical (unpaired) electrons. The molecule has 2 rings (SSSR count). The van der Waals surface area contributed by atoms with E-state index in [0.717, 1.165) is 5.56 Å². The topological polar surface area (TPSA) is 89.9 Å². The van der Waals surface area contributed by atoms with Crippen molar-refractivity contribution < 1.29 is 27.2 Å². The van der Waals surface area contributed by atoms with E-state index in [1.54, 1.807) is 43.3 Å². The van der Waals surface area contributed by atoms with Crippen LogP contribution in [0.15, 0.2) is 42.5 Å². The maximum absolute atomic E-state index is 12.6. The lowest BCUT2D eigenvalue weighted by Gasteiger charge is -2.21. The minimum atomic E-state index is -4.55. The third-order valence-electron chi connectivity index (χ3n) is 4.02. The SMILES string of the molecule is CCOC(=O)c1c(C(c2ccccc2)S(=O)(=O)O)ccc(CC)c1OC. The molecule has 0 aliphatic rings. The van der Waals surface area contributed by atoms with E-state index in [1.165, 1.54) is 13.2 Å². The van der Waals surface area contributed by atoms with Crippen LogP contribution in [-0.4, -0.2) is 32.7 Å². The molecule has 0 spiro atoms. The first kappa shape index (κ1) is 19.9. The molecule has 1 atom stereocenters. The Bertz CT molecular complexity index is 874. The summed E-state index contributed by atoms with van der Waals surface area (Å²) in [5.41, 5.74) is 1.21. The quantitative estimate of drug-likeness (QED) is 0.587. The fourth-order valence-electron chi connectivity index (χ4n) is 2.92. The Hall–Kier alpha value is -2.38. The van der Waals surface area contributed by atoms with E-state index < -0.39 is 21.3 Å². The third-order valence-corrected chi connectivity index (χ3v) is 5.14. The Morgan fingerprint density at radius 1 is 1.12 bits per heavy atom. The second kappa shape index (κ2) is 8.33. The van der Waals surface area contributed by atoms with Crippen molar-refractivity contribution in [3.63, 3.8) is 0 Å². The number of ether oxygens (including phenoxy) is 2. The molecule has 0 saturated carbocycles. The van der Waals surface area contributed by atoms with Crippen molar-refractivity contribution in [2.24, 2.45) is 0 Å². The van der Waals surface area contributed by atoms with Gasteiger partial charge in [0, 0.05) is 0 Å². The summed E-state index contributed by atoms with van der Waals surface area (Å²) in [7, 11) is -3.14. The molecule has 2 aromatic rings. The monoisotopic (exact) mass is 378 g/mol. The molecule has 0 aliphatic heterocycles. The highest BCUT2D eigenvalue weighted by Gasteiger charge is 2.34. The summed E-state index contributed by atoms with van der Waals surface area (Å²) in [6, 6.07) is 11.4. The predicted octanol–water partition coefficient (Wildman–Crippen LogP) is 3.41. The Morgan fingerprint density at radius 3 is 2.27 bits per heavy atom. The molecule has 0 amide bonds. The lowest BCUT2D eigenvalue weighted by molar-refractivity contribution is 0.0521. The van der Waals surface area contributed by atoms with Crippen molar-refractivity contribution in [3.8, 4) is 5.75 Å². The van der Waals surface area contributed by atoms with E-state index in [9.17, 15) is 17.8 Å². The molecule has 0 aromatic heterocycles. The lowest BCUT2D eigenvalue weighted by Crippen LogP contribution is -2.19. The van der Waals surface area contributed by atoms with Gasteiger partial charge in [-0.2, -0.15) is 8.42 Å². The molecular weight excluding hydrogens is 356 g/mol. The number of esters is 1. The highest BCUT2D eigenvalue weighted by Crippen LogP contribution is 2.38. The molecule has 0 fully saturated rings. The van der Waals surface area contributed by atoms with Crippen molar-refractivity contribution >= 4 is 16.1 Å². The van der Waals surface area contributed by atoms with E-state index in [2.05, 4.69) is 0 Å². The predicted molar refractivity (Wildman–Crippen MR) is 98.2 cm³/mol. The van der Waals surface area contributed by atoms with E-state index in [-0.39, 0.29) is 23.5 Å². The van der Waals surface area contributed by atoms with Gasteiger partial charge in [-0.15, -0.1) is 0 Å². The molecule has 0 heterocycles. The molecule has 0 bridgehead atoms. The minimum Gasteiger partial charge on any atom is -0.496 e. The van der Waals surface area contributed by atoms with Crippen LogP contribution < -0.4 is 4.74 Å². The molecular formula is C19H22O6S. The maximum Gasteiger partial charge on any atom is 0.342 e. The van der Waals surface area contributed by atoms with Crippen LogP contribution in [0.2, 0.25) is 0 Å². The second-order valence-electron chi connectivity index (χ2n) is 5.60. The zero-order chi connectivity index (χ0) is 19.3. The van der Waals surface area contributed by atoms with Gasteiger partial charge < -0.3 is 9.47 Å². The van der Waals surface area contributed by atoms with Gasteiger partial charge in [-0.3, -0.25) is 4.55 Å².